The minimum absolute atomic E-state index is 0.128. The number of anilines is 2. The zero-order valence-electron chi connectivity index (χ0n) is 10.6. The summed E-state index contributed by atoms with van der Waals surface area (Å²) in [4.78, 5) is 13.9. The second kappa shape index (κ2) is 4.04. The highest BCUT2D eigenvalue weighted by Gasteiger charge is 2.37. The molecule has 0 saturated carbocycles. The Balaban J connectivity index is 2.45. The van der Waals surface area contributed by atoms with Crippen molar-refractivity contribution < 1.29 is 4.79 Å². The SMILES string of the molecule is CNc1ccc2c(c1)CC(=O)N2C(C)(C)CN. The van der Waals surface area contributed by atoms with Crippen LogP contribution in [0.25, 0.3) is 0 Å². The summed E-state index contributed by atoms with van der Waals surface area (Å²) in [6, 6.07) is 6.00. The second-order valence-electron chi connectivity index (χ2n) is 5.02. The summed E-state index contributed by atoms with van der Waals surface area (Å²) in [7, 11) is 1.88. The van der Waals surface area contributed by atoms with Crippen LogP contribution >= 0.6 is 0 Å². The molecule has 1 aromatic carbocycles. The van der Waals surface area contributed by atoms with Gasteiger partial charge in [0.2, 0.25) is 5.91 Å². The van der Waals surface area contributed by atoms with Crippen molar-refractivity contribution in [1.82, 2.24) is 0 Å². The van der Waals surface area contributed by atoms with E-state index in [1.54, 1.807) is 0 Å². The average Bonchev–Trinajstić information content (AvgIpc) is 2.64. The molecule has 1 aliphatic heterocycles. The smallest absolute Gasteiger partial charge is 0.232 e. The Bertz CT molecular complexity index is 454. The van der Waals surface area contributed by atoms with E-state index in [1.807, 2.05) is 44.0 Å². The van der Waals surface area contributed by atoms with Gasteiger partial charge in [0.05, 0.1) is 12.0 Å². The molecule has 4 heteroatoms. The van der Waals surface area contributed by atoms with Crippen molar-refractivity contribution in [2.24, 2.45) is 5.73 Å². The first-order chi connectivity index (χ1) is 7.99. The third-order valence-corrected chi connectivity index (χ3v) is 3.31. The molecule has 4 nitrogen and oxygen atoms in total. The van der Waals surface area contributed by atoms with Crippen LogP contribution in [0.3, 0.4) is 0 Å². The predicted molar refractivity (Wildman–Crippen MR) is 70.3 cm³/mol. The first kappa shape index (κ1) is 11.9. The summed E-state index contributed by atoms with van der Waals surface area (Å²) in [5.41, 5.74) is 8.52. The van der Waals surface area contributed by atoms with Crippen LogP contribution in [0.1, 0.15) is 19.4 Å². The van der Waals surface area contributed by atoms with Crippen LogP contribution in [0.2, 0.25) is 0 Å². The summed E-state index contributed by atoms with van der Waals surface area (Å²) >= 11 is 0. The molecule has 17 heavy (non-hydrogen) atoms. The lowest BCUT2D eigenvalue weighted by atomic mass is 10.0. The molecule has 0 atom stereocenters. The Morgan fingerprint density at radius 2 is 2.18 bits per heavy atom. The van der Waals surface area contributed by atoms with E-state index < -0.39 is 0 Å². The lowest BCUT2D eigenvalue weighted by Crippen LogP contribution is -2.51. The highest BCUT2D eigenvalue weighted by molar-refractivity contribution is 6.03. The number of carbonyl (C=O) groups is 1. The number of rotatable bonds is 3. The van der Waals surface area contributed by atoms with Crippen molar-refractivity contribution in [3.63, 3.8) is 0 Å². The molecule has 1 aliphatic rings. The lowest BCUT2D eigenvalue weighted by Gasteiger charge is -2.35. The molecule has 1 heterocycles. The molecular weight excluding hydrogens is 214 g/mol. The molecule has 0 bridgehead atoms. The van der Waals surface area contributed by atoms with E-state index >= 15 is 0 Å². The van der Waals surface area contributed by atoms with Gasteiger partial charge in [0.25, 0.3) is 0 Å². The molecule has 1 amide bonds. The van der Waals surface area contributed by atoms with Crippen molar-refractivity contribution in [2.75, 3.05) is 23.8 Å². The Morgan fingerprint density at radius 3 is 2.76 bits per heavy atom. The van der Waals surface area contributed by atoms with E-state index in [-0.39, 0.29) is 11.4 Å². The number of nitrogens with two attached hydrogens (primary N) is 1. The number of nitrogens with zero attached hydrogens (tertiary/aromatic N) is 1. The Morgan fingerprint density at radius 1 is 1.47 bits per heavy atom. The largest absolute Gasteiger partial charge is 0.388 e. The summed E-state index contributed by atoms with van der Waals surface area (Å²) < 4.78 is 0. The van der Waals surface area contributed by atoms with Gasteiger partial charge >= 0.3 is 0 Å². The van der Waals surface area contributed by atoms with E-state index in [0.717, 1.165) is 16.9 Å². The molecule has 0 aromatic heterocycles. The van der Waals surface area contributed by atoms with Gasteiger partial charge in [-0.3, -0.25) is 4.79 Å². The van der Waals surface area contributed by atoms with E-state index in [2.05, 4.69) is 5.32 Å². The molecule has 0 spiro atoms. The van der Waals surface area contributed by atoms with Crippen molar-refractivity contribution in [2.45, 2.75) is 25.8 Å². The fourth-order valence-corrected chi connectivity index (χ4v) is 2.23. The van der Waals surface area contributed by atoms with E-state index in [1.165, 1.54) is 0 Å². The molecular formula is C13H19N3O. The quantitative estimate of drug-likeness (QED) is 0.828. The van der Waals surface area contributed by atoms with Gasteiger partial charge in [-0.1, -0.05) is 0 Å². The lowest BCUT2D eigenvalue weighted by molar-refractivity contribution is -0.118. The van der Waals surface area contributed by atoms with Gasteiger partial charge in [0.15, 0.2) is 0 Å². The summed E-state index contributed by atoms with van der Waals surface area (Å²) in [5, 5.41) is 3.08. The highest BCUT2D eigenvalue weighted by atomic mass is 16.2. The molecule has 2 rings (SSSR count). The predicted octanol–water partition coefficient (Wildman–Crippen LogP) is 1.35. The van der Waals surface area contributed by atoms with Crippen LogP contribution in [0, 0.1) is 0 Å². The molecule has 0 fully saturated rings. The van der Waals surface area contributed by atoms with E-state index in [0.29, 0.717) is 13.0 Å². The number of amides is 1. The van der Waals surface area contributed by atoms with Crippen molar-refractivity contribution in [1.29, 1.82) is 0 Å². The molecule has 0 radical (unpaired) electrons. The molecule has 92 valence electrons. The maximum Gasteiger partial charge on any atom is 0.232 e. The molecule has 3 N–H and O–H groups in total. The zero-order chi connectivity index (χ0) is 12.6. The zero-order valence-corrected chi connectivity index (χ0v) is 10.6. The Hall–Kier alpha value is -1.55. The van der Waals surface area contributed by atoms with Crippen molar-refractivity contribution >= 4 is 17.3 Å². The van der Waals surface area contributed by atoms with E-state index in [4.69, 9.17) is 5.73 Å². The van der Waals surface area contributed by atoms with Crippen LogP contribution in [0.5, 0.6) is 0 Å². The normalized spacial score (nSPS) is 15.1. The van der Waals surface area contributed by atoms with Crippen molar-refractivity contribution in [3.8, 4) is 0 Å². The fourth-order valence-electron chi connectivity index (χ4n) is 2.23. The van der Waals surface area contributed by atoms with Gasteiger partial charge in [0, 0.05) is 25.0 Å². The number of hydrogen-bond acceptors (Lipinski definition) is 3. The van der Waals surface area contributed by atoms with Crippen LogP contribution in [0.4, 0.5) is 11.4 Å². The van der Waals surface area contributed by atoms with Crippen LogP contribution in [-0.2, 0) is 11.2 Å². The summed E-state index contributed by atoms with van der Waals surface area (Å²) in [6.45, 7) is 4.43. The maximum absolute atomic E-state index is 12.1. The summed E-state index contributed by atoms with van der Waals surface area (Å²) in [5.74, 6) is 0.128. The molecule has 0 saturated heterocycles. The monoisotopic (exact) mass is 233 g/mol. The van der Waals surface area contributed by atoms with Crippen LogP contribution in [0.15, 0.2) is 18.2 Å². The number of hydrogen-bond donors (Lipinski definition) is 2. The van der Waals surface area contributed by atoms with Gasteiger partial charge in [0.1, 0.15) is 0 Å². The van der Waals surface area contributed by atoms with Crippen molar-refractivity contribution in [3.05, 3.63) is 23.8 Å². The van der Waals surface area contributed by atoms with Gasteiger partial charge in [-0.05, 0) is 37.6 Å². The third kappa shape index (κ3) is 1.89. The fraction of sp³-hybridized carbons (Fsp3) is 0.462. The Kier molecular flexibility index (Phi) is 2.83. The van der Waals surface area contributed by atoms with Gasteiger partial charge < -0.3 is 16.0 Å². The van der Waals surface area contributed by atoms with Gasteiger partial charge in [-0.2, -0.15) is 0 Å². The molecule has 0 aliphatic carbocycles. The minimum atomic E-state index is -0.330. The number of nitrogens with one attached hydrogen (secondary N) is 1. The second-order valence-corrected chi connectivity index (χ2v) is 5.02. The maximum atomic E-state index is 12.1. The van der Waals surface area contributed by atoms with E-state index in [9.17, 15) is 4.79 Å². The highest BCUT2D eigenvalue weighted by Crippen LogP contribution is 2.35. The number of carbonyl (C=O) groups excluding carboxylic acids is 1. The van der Waals surface area contributed by atoms with Gasteiger partial charge in [-0.25, -0.2) is 0 Å². The first-order valence-corrected chi connectivity index (χ1v) is 5.83. The topological polar surface area (TPSA) is 58.4 Å². The van der Waals surface area contributed by atoms with Gasteiger partial charge in [-0.15, -0.1) is 0 Å². The minimum Gasteiger partial charge on any atom is -0.388 e. The standard InChI is InChI=1S/C13H19N3O/c1-13(2,8-14)16-11-5-4-10(15-3)6-9(11)7-12(16)17/h4-6,15H,7-8,14H2,1-3H3. The molecule has 1 aromatic rings. The first-order valence-electron chi connectivity index (χ1n) is 5.83. The average molecular weight is 233 g/mol. The number of fused-ring (bicyclic) bond motifs is 1. The third-order valence-electron chi connectivity index (χ3n) is 3.31. The van der Waals surface area contributed by atoms with Crippen LogP contribution in [-0.4, -0.2) is 25.0 Å². The Labute approximate surface area is 102 Å². The number of benzene rings is 1. The molecule has 0 unspecified atom stereocenters. The summed E-state index contributed by atoms with van der Waals surface area (Å²) in [6.07, 6.45) is 0.467. The van der Waals surface area contributed by atoms with Crippen LogP contribution < -0.4 is 16.0 Å².